The number of ketones is 1. The van der Waals surface area contributed by atoms with Gasteiger partial charge >= 0.3 is 5.69 Å². The number of carbonyl (C=O) groups excluding carboxylic acids is 1. The molecule has 0 aliphatic heterocycles. The first-order chi connectivity index (χ1) is 13.3. The van der Waals surface area contributed by atoms with Crippen molar-refractivity contribution in [3.05, 3.63) is 66.2 Å². The largest absolute Gasteiger partial charge is 0.329 e. The molecule has 3 rings (SSSR count). The van der Waals surface area contributed by atoms with Gasteiger partial charge in [0.2, 0.25) is 0 Å². The Morgan fingerprint density at radius 3 is 2.64 bits per heavy atom. The number of H-pyrrole nitrogens is 1. The lowest BCUT2D eigenvalue weighted by Crippen LogP contribution is -2.29. The number of carbonyl (C=O) groups is 1. The van der Waals surface area contributed by atoms with Gasteiger partial charge < -0.3 is 4.57 Å². The number of rotatable bonds is 6. The molecule has 0 fully saturated rings. The third-order valence-electron chi connectivity index (χ3n) is 4.03. The molecule has 0 atom stereocenters. The number of imidazole rings is 1. The summed E-state index contributed by atoms with van der Waals surface area (Å²) in [7, 11) is 1.53. The van der Waals surface area contributed by atoms with E-state index in [1.165, 1.54) is 23.4 Å². The van der Waals surface area contributed by atoms with Gasteiger partial charge in [-0.3, -0.25) is 19.1 Å². The lowest BCUT2D eigenvalue weighted by Gasteiger charge is -2.06. The molecule has 0 unspecified atom stereocenters. The van der Waals surface area contributed by atoms with Gasteiger partial charge in [-0.15, -0.1) is 0 Å². The monoisotopic (exact) mass is 482 g/mol. The van der Waals surface area contributed by atoms with Crippen molar-refractivity contribution in [2.24, 2.45) is 7.05 Å². The number of halogens is 2. The van der Waals surface area contributed by atoms with Gasteiger partial charge in [-0.2, -0.15) is 0 Å². The molecule has 7 nitrogen and oxygen atoms in total. The highest BCUT2D eigenvalue weighted by Gasteiger charge is 2.18. The predicted octanol–water partition coefficient (Wildman–Crippen LogP) is 3.30. The lowest BCUT2D eigenvalue weighted by atomic mass is 10.2. The summed E-state index contributed by atoms with van der Waals surface area (Å²) in [4.78, 5) is 43.4. The molecule has 0 radical (unpaired) electrons. The number of hydrogen-bond donors (Lipinski definition) is 1. The molecule has 0 bridgehead atoms. The zero-order chi connectivity index (χ0) is 20.4. The van der Waals surface area contributed by atoms with Crippen LogP contribution in [0.1, 0.15) is 17.3 Å². The number of aromatic amines is 1. The third kappa shape index (κ3) is 4.31. The highest BCUT2D eigenvalue weighted by atomic mass is 79.9. The average Bonchev–Trinajstić information content (AvgIpc) is 3.02. The fraction of sp³-hybridized carbons (Fsp3) is 0.222. The fourth-order valence-corrected chi connectivity index (χ4v) is 3.79. The normalized spacial score (nSPS) is 11.9. The number of fused-ring (bicyclic) bond motifs is 1. The molecule has 146 valence electrons. The zero-order valence-electron chi connectivity index (χ0n) is 15.0. The molecular formula is C18H16BrClN4O3S. The third-order valence-corrected chi connectivity index (χ3v) is 5.69. The van der Waals surface area contributed by atoms with Crippen molar-refractivity contribution in [1.29, 1.82) is 0 Å². The summed E-state index contributed by atoms with van der Waals surface area (Å²) in [5.41, 5.74) is 0.0222. The van der Waals surface area contributed by atoms with Crippen LogP contribution in [0.25, 0.3) is 11.2 Å². The van der Waals surface area contributed by atoms with Crippen LogP contribution < -0.4 is 11.2 Å². The number of aromatic nitrogens is 4. The maximum atomic E-state index is 12.5. The van der Waals surface area contributed by atoms with E-state index in [4.69, 9.17) is 11.6 Å². The molecular weight excluding hydrogens is 468 g/mol. The summed E-state index contributed by atoms with van der Waals surface area (Å²) < 4.78 is 3.81. The van der Waals surface area contributed by atoms with Gasteiger partial charge in [0.1, 0.15) is 0 Å². The number of nitrogens with one attached hydrogen (secondary N) is 1. The van der Waals surface area contributed by atoms with Crippen molar-refractivity contribution < 1.29 is 4.79 Å². The summed E-state index contributed by atoms with van der Waals surface area (Å²) in [6.07, 6.45) is 1.73. The Bertz CT molecular complexity index is 1190. The summed E-state index contributed by atoms with van der Waals surface area (Å²) in [6, 6.07) is 7.08. The molecule has 28 heavy (non-hydrogen) atoms. The van der Waals surface area contributed by atoms with Gasteiger partial charge in [0.05, 0.1) is 5.75 Å². The number of benzene rings is 1. The molecule has 2 aromatic heterocycles. The summed E-state index contributed by atoms with van der Waals surface area (Å²) in [5, 5.41) is 1.02. The van der Waals surface area contributed by atoms with Crippen LogP contribution in [-0.4, -0.2) is 30.6 Å². The number of aryl methyl sites for hydroxylation is 1. The smallest absolute Gasteiger partial charge is 0.309 e. The Labute approximate surface area is 177 Å². The number of hydrogen-bond acceptors (Lipinski definition) is 5. The van der Waals surface area contributed by atoms with E-state index < -0.39 is 11.2 Å². The van der Waals surface area contributed by atoms with E-state index in [-0.39, 0.29) is 22.7 Å². The minimum absolute atomic E-state index is 0.0667. The standard InChI is InChI=1S/C18H16BrClN4O3S/c1-10(20)7-8-24-14-15(23(2)17(27)22-16(14)26)21-18(24)28-9-13(25)11-3-5-12(19)6-4-11/h3-7H,8-9H2,1-2H3,(H,22,26,27)/b10-7+. The molecule has 10 heteroatoms. The van der Waals surface area contributed by atoms with Crippen LogP contribution in [0, 0.1) is 0 Å². The van der Waals surface area contributed by atoms with Crippen LogP contribution in [0.15, 0.2) is 54.6 Å². The van der Waals surface area contributed by atoms with E-state index in [2.05, 4.69) is 25.9 Å². The van der Waals surface area contributed by atoms with Crippen LogP contribution in [0.2, 0.25) is 0 Å². The van der Waals surface area contributed by atoms with Crippen LogP contribution >= 0.6 is 39.3 Å². The molecule has 0 amide bonds. The lowest BCUT2D eigenvalue weighted by molar-refractivity contribution is 0.102. The van der Waals surface area contributed by atoms with Crippen molar-refractivity contribution >= 4 is 56.2 Å². The van der Waals surface area contributed by atoms with Crippen LogP contribution in [-0.2, 0) is 13.6 Å². The van der Waals surface area contributed by atoms with Crippen molar-refractivity contribution in [2.45, 2.75) is 18.6 Å². The summed E-state index contributed by atoms with van der Waals surface area (Å²) >= 11 is 10.5. The second-order valence-corrected chi connectivity index (χ2v) is 8.46. The highest BCUT2D eigenvalue weighted by molar-refractivity contribution is 9.10. The number of thioether (sulfide) groups is 1. The Balaban J connectivity index is 1.99. The van der Waals surface area contributed by atoms with Crippen molar-refractivity contribution in [3.8, 4) is 0 Å². The van der Waals surface area contributed by atoms with E-state index >= 15 is 0 Å². The van der Waals surface area contributed by atoms with Gasteiger partial charge in [-0.05, 0) is 19.1 Å². The Kier molecular flexibility index (Phi) is 6.26. The molecule has 0 saturated carbocycles. The number of nitrogens with zero attached hydrogens (tertiary/aromatic N) is 3. The van der Waals surface area contributed by atoms with Crippen LogP contribution in [0.5, 0.6) is 0 Å². The van der Waals surface area contributed by atoms with Crippen LogP contribution in [0.4, 0.5) is 0 Å². The van der Waals surface area contributed by atoms with E-state index in [1.54, 1.807) is 41.8 Å². The van der Waals surface area contributed by atoms with E-state index in [1.807, 2.05) is 0 Å². The van der Waals surface area contributed by atoms with Crippen molar-refractivity contribution in [1.82, 2.24) is 19.1 Å². The maximum absolute atomic E-state index is 12.5. The molecule has 0 aliphatic rings. The average molecular weight is 484 g/mol. The van der Waals surface area contributed by atoms with Gasteiger partial charge in [0, 0.05) is 28.7 Å². The molecule has 0 spiro atoms. The predicted molar refractivity (Wildman–Crippen MR) is 114 cm³/mol. The molecule has 1 N–H and O–H groups in total. The van der Waals surface area contributed by atoms with E-state index in [9.17, 15) is 14.4 Å². The summed E-state index contributed by atoms with van der Waals surface area (Å²) in [5.74, 6) is 0.0726. The quantitative estimate of drug-likeness (QED) is 0.429. The van der Waals surface area contributed by atoms with Gasteiger partial charge in [0.15, 0.2) is 22.1 Å². The fourth-order valence-electron chi connectivity index (χ4n) is 2.56. The first kappa shape index (κ1) is 20.6. The number of Topliss-reactive ketones (excluding diaryl/α,β-unsaturated/α-hetero) is 1. The zero-order valence-corrected chi connectivity index (χ0v) is 18.2. The minimum atomic E-state index is -0.547. The van der Waals surface area contributed by atoms with Crippen LogP contribution in [0.3, 0.4) is 0 Å². The maximum Gasteiger partial charge on any atom is 0.329 e. The minimum Gasteiger partial charge on any atom is -0.309 e. The second-order valence-electron chi connectivity index (χ2n) is 6.01. The molecule has 2 heterocycles. The van der Waals surface area contributed by atoms with Crippen molar-refractivity contribution in [2.75, 3.05) is 5.75 Å². The van der Waals surface area contributed by atoms with E-state index in [0.29, 0.717) is 22.3 Å². The van der Waals surface area contributed by atoms with Crippen molar-refractivity contribution in [3.63, 3.8) is 0 Å². The molecule has 1 aromatic carbocycles. The molecule has 0 aliphatic carbocycles. The first-order valence-corrected chi connectivity index (χ1v) is 10.4. The molecule has 0 saturated heterocycles. The van der Waals surface area contributed by atoms with E-state index in [0.717, 1.165) is 4.47 Å². The Hall–Kier alpha value is -2.10. The number of allylic oxidation sites excluding steroid dienone is 2. The second kappa shape index (κ2) is 8.50. The highest BCUT2D eigenvalue weighted by Crippen LogP contribution is 2.23. The Morgan fingerprint density at radius 1 is 1.32 bits per heavy atom. The topological polar surface area (TPSA) is 89.8 Å². The summed E-state index contributed by atoms with van der Waals surface area (Å²) in [6.45, 7) is 2.02. The van der Waals surface area contributed by atoms with Gasteiger partial charge in [0.25, 0.3) is 5.56 Å². The molecule has 3 aromatic rings. The SMILES string of the molecule is C/C(Cl)=C\Cn1c(SCC(=O)c2ccc(Br)cc2)nc2c1c(=O)[nH]c(=O)n2C. The van der Waals surface area contributed by atoms with Gasteiger partial charge in [-0.1, -0.05) is 57.5 Å². The first-order valence-electron chi connectivity index (χ1n) is 8.21. The van der Waals surface area contributed by atoms with Gasteiger partial charge in [-0.25, -0.2) is 9.78 Å². The Morgan fingerprint density at radius 2 is 2.00 bits per heavy atom.